The number of H-pyrrole nitrogens is 1. The first-order valence-electron chi connectivity index (χ1n) is 6.15. The lowest BCUT2D eigenvalue weighted by molar-refractivity contribution is -0.0135. The molecule has 2 aliphatic heterocycles. The number of nitrogens with one attached hydrogen (secondary N) is 3. The number of aromatic amines is 1. The normalized spacial score (nSPS) is 23.2. The summed E-state index contributed by atoms with van der Waals surface area (Å²) in [7, 11) is 0. The van der Waals surface area contributed by atoms with E-state index in [1.165, 1.54) is 6.07 Å². The first-order valence-corrected chi connectivity index (χ1v) is 6.15. The lowest BCUT2D eigenvalue weighted by atomic mass is 10.0. The number of aromatic nitrogens is 2. The highest BCUT2D eigenvalue weighted by Gasteiger charge is 2.33. The summed E-state index contributed by atoms with van der Waals surface area (Å²) < 4.78 is 14.0. The summed E-state index contributed by atoms with van der Waals surface area (Å²) in [5.74, 6) is 0.439. The predicted octanol–water partition coefficient (Wildman–Crippen LogP) is 0.529. The molecule has 2 aromatic rings. The third-order valence-electron chi connectivity index (χ3n) is 3.56. The molecule has 1 aromatic heterocycles. The van der Waals surface area contributed by atoms with Gasteiger partial charge in [-0.2, -0.15) is 5.10 Å². The Labute approximate surface area is 108 Å². The van der Waals surface area contributed by atoms with Crippen molar-refractivity contribution in [3.05, 3.63) is 29.7 Å². The maximum absolute atomic E-state index is 14.0. The highest BCUT2D eigenvalue weighted by atomic mass is 19.1. The van der Waals surface area contributed by atoms with Crippen molar-refractivity contribution in [2.45, 2.75) is 6.23 Å². The van der Waals surface area contributed by atoms with Crippen LogP contribution in [0.3, 0.4) is 0 Å². The third-order valence-corrected chi connectivity index (χ3v) is 3.56. The van der Waals surface area contributed by atoms with Crippen LogP contribution in [0.15, 0.2) is 23.3 Å². The van der Waals surface area contributed by atoms with Gasteiger partial charge in [0.05, 0.1) is 17.3 Å². The molecule has 1 atom stereocenters. The van der Waals surface area contributed by atoms with Crippen molar-refractivity contribution in [3.8, 4) is 0 Å². The van der Waals surface area contributed by atoms with E-state index in [9.17, 15) is 4.39 Å². The zero-order chi connectivity index (χ0) is 12.8. The second-order valence-electron chi connectivity index (χ2n) is 4.76. The van der Waals surface area contributed by atoms with Crippen molar-refractivity contribution in [3.63, 3.8) is 0 Å². The van der Waals surface area contributed by atoms with Crippen LogP contribution in [0.1, 0.15) is 5.56 Å². The Morgan fingerprint density at radius 3 is 3.00 bits per heavy atom. The van der Waals surface area contributed by atoms with E-state index < -0.39 is 0 Å². The summed E-state index contributed by atoms with van der Waals surface area (Å²) in [4.78, 5) is 9.85. The average Bonchev–Trinajstić information content (AvgIpc) is 2.95. The summed E-state index contributed by atoms with van der Waals surface area (Å²) >= 11 is 0. The van der Waals surface area contributed by atoms with Crippen molar-refractivity contribution in [1.29, 1.82) is 0 Å². The van der Waals surface area contributed by atoms with Crippen LogP contribution in [0.25, 0.3) is 10.9 Å². The maximum Gasteiger partial charge on any atom is 0.182 e. The van der Waals surface area contributed by atoms with Crippen LogP contribution in [-0.2, 0) is 4.84 Å². The standard InChI is InChI=1S/C12H12FN5O/c13-8-1-2-9-7(5-15-17-9)10(8)11-16-12(19-18-11)6-3-14-4-6/h1-2,5-6,12,14H,3-4H2,(H,15,17)(H,16,18). The molecule has 3 heterocycles. The molecule has 2 aliphatic rings. The van der Waals surface area contributed by atoms with E-state index in [0.29, 0.717) is 22.7 Å². The van der Waals surface area contributed by atoms with E-state index in [0.717, 1.165) is 18.6 Å². The van der Waals surface area contributed by atoms with Gasteiger partial charge in [-0.3, -0.25) is 5.10 Å². The number of hydrogen-bond donors (Lipinski definition) is 3. The molecule has 1 saturated heterocycles. The van der Waals surface area contributed by atoms with Crippen LogP contribution in [0, 0.1) is 11.7 Å². The zero-order valence-electron chi connectivity index (χ0n) is 9.98. The topological polar surface area (TPSA) is 74.3 Å². The highest BCUT2D eigenvalue weighted by Crippen LogP contribution is 2.24. The number of nitrogens with zero attached hydrogens (tertiary/aromatic N) is 2. The second kappa shape index (κ2) is 4.01. The van der Waals surface area contributed by atoms with Gasteiger partial charge < -0.3 is 5.32 Å². The van der Waals surface area contributed by atoms with Crippen LogP contribution >= 0.6 is 0 Å². The molecule has 98 valence electrons. The van der Waals surface area contributed by atoms with Gasteiger partial charge in [0, 0.05) is 24.4 Å². The van der Waals surface area contributed by atoms with Crippen LogP contribution in [0.4, 0.5) is 4.39 Å². The van der Waals surface area contributed by atoms with Crippen LogP contribution in [0.2, 0.25) is 0 Å². The fraction of sp³-hybridized carbons (Fsp3) is 0.333. The summed E-state index contributed by atoms with van der Waals surface area (Å²) in [5, 5.41) is 10.6. The predicted molar refractivity (Wildman–Crippen MR) is 67.0 cm³/mol. The molecule has 6 nitrogen and oxygen atoms in total. The molecular weight excluding hydrogens is 249 g/mol. The van der Waals surface area contributed by atoms with Gasteiger partial charge in [-0.1, -0.05) is 0 Å². The van der Waals surface area contributed by atoms with Gasteiger partial charge in [-0.25, -0.2) is 19.7 Å². The van der Waals surface area contributed by atoms with Gasteiger partial charge in [0.25, 0.3) is 0 Å². The van der Waals surface area contributed by atoms with Gasteiger partial charge in [0.2, 0.25) is 0 Å². The molecule has 1 aromatic carbocycles. The van der Waals surface area contributed by atoms with Crippen molar-refractivity contribution in [2.75, 3.05) is 13.1 Å². The van der Waals surface area contributed by atoms with Crippen LogP contribution in [-0.4, -0.2) is 35.4 Å². The number of halogens is 1. The fourth-order valence-corrected chi connectivity index (χ4v) is 2.36. The fourth-order valence-electron chi connectivity index (χ4n) is 2.36. The molecule has 0 spiro atoms. The quantitative estimate of drug-likeness (QED) is 0.737. The van der Waals surface area contributed by atoms with E-state index in [1.54, 1.807) is 12.3 Å². The van der Waals surface area contributed by atoms with Gasteiger partial charge in [0.15, 0.2) is 12.1 Å². The molecule has 0 radical (unpaired) electrons. The van der Waals surface area contributed by atoms with Crippen molar-refractivity contribution in [2.24, 2.45) is 10.9 Å². The molecule has 7 heteroatoms. The monoisotopic (exact) mass is 261 g/mol. The molecule has 1 unspecified atom stereocenters. The van der Waals surface area contributed by atoms with Gasteiger partial charge in [0.1, 0.15) is 5.82 Å². The molecular formula is C12H12FN5O. The van der Waals surface area contributed by atoms with E-state index >= 15 is 0 Å². The average molecular weight is 261 g/mol. The molecule has 0 amide bonds. The summed E-state index contributed by atoms with van der Waals surface area (Å²) in [6, 6.07) is 3.06. The number of aliphatic imine (C=N–C) groups is 1. The lowest BCUT2D eigenvalue weighted by Gasteiger charge is -2.28. The minimum Gasteiger partial charge on any atom is -0.316 e. The Kier molecular flexibility index (Phi) is 2.30. The Morgan fingerprint density at radius 1 is 1.32 bits per heavy atom. The second-order valence-corrected chi connectivity index (χ2v) is 4.76. The summed E-state index contributed by atoms with van der Waals surface area (Å²) in [5.41, 5.74) is 3.91. The maximum atomic E-state index is 14.0. The molecule has 0 aliphatic carbocycles. The smallest absolute Gasteiger partial charge is 0.182 e. The largest absolute Gasteiger partial charge is 0.316 e. The van der Waals surface area contributed by atoms with Crippen molar-refractivity contribution in [1.82, 2.24) is 21.0 Å². The van der Waals surface area contributed by atoms with Crippen LogP contribution < -0.4 is 10.8 Å². The van der Waals surface area contributed by atoms with Crippen LogP contribution in [0.5, 0.6) is 0 Å². The minimum absolute atomic E-state index is 0.252. The van der Waals surface area contributed by atoms with Crippen molar-refractivity contribution < 1.29 is 9.23 Å². The number of hydroxylamine groups is 1. The summed E-state index contributed by atoms with van der Waals surface area (Å²) in [6.45, 7) is 1.75. The van der Waals surface area contributed by atoms with Gasteiger partial charge in [-0.05, 0) is 12.1 Å². The molecule has 0 saturated carbocycles. The molecule has 4 rings (SSSR count). The van der Waals surface area contributed by atoms with Gasteiger partial charge in [-0.15, -0.1) is 0 Å². The minimum atomic E-state index is -0.337. The number of benzene rings is 1. The number of amidine groups is 1. The Balaban J connectivity index is 1.77. The van der Waals surface area contributed by atoms with E-state index in [4.69, 9.17) is 4.84 Å². The van der Waals surface area contributed by atoms with E-state index in [2.05, 4.69) is 26.0 Å². The van der Waals surface area contributed by atoms with E-state index in [1.807, 2.05) is 0 Å². The van der Waals surface area contributed by atoms with Crippen molar-refractivity contribution >= 4 is 16.7 Å². The number of fused-ring (bicyclic) bond motifs is 1. The first-order chi connectivity index (χ1) is 9.33. The van der Waals surface area contributed by atoms with Gasteiger partial charge >= 0.3 is 0 Å². The first kappa shape index (κ1) is 10.9. The molecule has 19 heavy (non-hydrogen) atoms. The zero-order valence-corrected chi connectivity index (χ0v) is 9.98. The molecule has 3 N–H and O–H groups in total. The number of rotatable bonds is 2. The summed E-state index contributed by atoms with van der Waals surface area (Å²) in [6.07, 6.45) is 1.34. The Hall–Kier alpha value is -1.99. The Bertz CT molecular complexity index is 663. The lowest BCUT2D eigenvalue weighted by Crippen LogP contribution is -2.48. The third kappa shape index (κ3) is 1.62. The molecule has 0 bridgehead atoms. The Morgan fingerprint density at radius 2 is 2.21 bits per heavy atom. The van der Waals surface area contributed by atoms with E-state index in [-0.39, 0.29) is 12.0 Å². The molecule has 1 fully saturated rings. The highest BCUT2D eigenvalue weighted by molar-refractivity contribution is 6.09. The number of hydrogen-bond acceptors (Lipinski definition) is 5. The SMILES string of the molecule is Fc1ccc2[nH]ncc2c1C1=NC(C2CNC2)ON1.